The van der Waals surface area contributed by atoms with E-state index in [2.05, 4.69) is 4.98 Å². The van der Waals surface area contributed by atoms with Gasteiger partial charge in [-0.05, 0) is 43.0 Å². The first-order chi connectivity index (χ1) is 11.1. The first-order valence-electron chi connectivity index (χ1n) is 7.83. The monoisotopic (exact) mass is 309 g/mol. The average molecular weight is 309 g/mol. The van der Waals surface area contributed by atoms with Crippen molar-refractivity contribution in [3.05, 3.63) is 47.0 Å². The maximum atomic E-state index is 12.2. The number of H-pyrrole nitrogens is 1. The topological polar surface area (TPSA) is 73.0 Å². The zero-order valence-electron chi connectivity index (χ0n) is 13.0. The Balaban J connectivity index is 1.89. The van der Waals surface area contributed by atoms with E-state index in [-0.39, 0.29) is 5.56 Å². The molecule has 0 unspecified atom stereocenters. The molecule has 4 rings (SSSR count). The van der Waals surface area contributed by atoms with Gasteiger partial charge in [-0.15, -0.1) is 0 Å². The molecule has 5 heteroatoms. The van der Waals surface area contributed by atoms with Gasteiger partial charge in [-0.25, -0.2) is 0 Å². The maximum Gasteiger partial charge on any atom is 0.274 e. The van der Waals surface area contributed by atoms with Crippen molar-refractivity contribution in [1.82, 2.24) is 9.55 Å². The smallest absolute Gasteiger partial charge is 0.274 e. The van der Waals surface area contributed by atoms with Gasteiger partial charge in [0.25, 0.3) is 5.56 Å². The third-order valence-corrected chi connectivity index (χ3v) is 4.36. The van der Waals surface area contributed by atoms with E-state index >= 15 is 0 Å². The van der Waals surface area contributed by atoms with Crippen molar-refractivity contribution in [2.24, 2.45) is 13.0 Å². The molecule has 1 aliphatic carbocycles. The van der Waals surface area contributed by atoms with E-state index in [1.54, 1.807) is 17.8 Å². The summed E-state index contributed by atoms with van der Waals surface area (Å²) >= 11 is 0. The molecule has 0 spiro atoms. The Morgan fingerprint density at radius 3 is 2.91 bits per heavy atom. The molecule has 3 aromatic rings. The predicted octanol–water partition coefficient (Wildman–Crippen LogP) is 2.90. The van der Waals surface area contributed by atoms with Gasteiger partial charge in [0, 0.05) is 41.6 Å². The lowest BCUT2D eigenvalue weighted by Gasteiger charge is -2.14. The molecule has 0 aliphatic heterocycles. The molecule has 0 saturated heterocycles. The minimum atomic E-state index is -0.0434. The normalized spacial score (nSPS) is 14.3. The third kappa shape index (κ3) is 2.48. The Hall–Kier alpha value is -2.69. The van der Waals surface area contributed by atoms with E-state index in [1.165, 1.54) is 12.8 Å². The summed E-state index contributed by atoms with van der Waals surface area (Å²) in [5.41, 5.74) is 9.09. The van der Waals surface area contributed by atoms with E-state index in [9.17, 15) is 4.79 Å². The zero-order valence-corrected chi connectivity index (χ0v) is 13.0. The lowest BCUT2D eigenvalue weighted by Crippen LogP contribution is -2.16. The molecule has 1 saturated carbocycles. The Morgan fingerprint density at radius 2 is 2.13 bits per heavy atom. The van der Waals surface area contributed by atoms with Crippen molar-refractivity contribution in [3.8, 4) is 16.9 Å². The van der Waals surface area contributed by atoms with Crippen molar-refractivity contribution in [2.75, 3.05) is 12.3 Å². The van der Waals surface area contributed by atoms with Crippen LogP contribution in [0.2, 0.25) is 0 Å². The second kappa shape index (κ2) is 5.19. The molecule has 3 N–H and O–H groups in total. The Bertz CT molecular complexity index is 935. The number of rotatable bonds is 4. The van der Waals surface area contributed by atoms with Gasteiger partial charge < -0.3 is 20.0 Å². The van der Waals surface area contributed by atoms with Crippen LogP contribution >= 0.6 is 0 Å². The Kier molecular flexibility index (Phi) is 3.15. The molecule has 1 aromatic carbocycles. The first-order valence-corrected chi connectivity index (χ1v) is 7.83. The van der Waals surface area contributed by atoms with Crippen LogP contribution < -0.4 is 16.0 Å². The predicted molar refractivity (Wildman–Crippen MR) is 91.6 cm³/mol. The second-order valence-electron chi connectivity index (χ2n) is 6.24. The highest BCUT2D eigenvalue weighted by Gasteiger charge is 2.23. The quantitative estimate of drug-likeness (QED) is 0.728. The molecule has 23 heavy (non-hydrogen) atoms. The van der Waals surface area contributed by atoms with Crippen LogP contribution in [-0.2, 0) is 7.05 Å². The number of hydrogen-bond donors (Lipinski definition) is 2. The fourth-order valence-electron chi connectivity index (χ4n) is 2.86. The number of nitrogen functional groups attached to an aromatic ring is 1. The molecule has 0 radical (unpaired) electrons. The van der Waals surface area contributed by atoms with Crippen molar-refractivity contribution in [2.45, 2.75) is 12.8 Å². The fourth-order valence-corrected chi connectivity index (χ4v) is 2.86. The largest absolute Gasteiger partial charge is 0.493 e. The van der Waals surface area contributed by atoms with Crippen LogP contribution in [0.3, 0.4) is 0 Å². The number of pyridine rings is 1. The zero-order chi connectivity index (χ0) is 16.0. The van der Waals surface area contributed by atoms with Gasteiger partial charge in [0.1, 0.15) is 11.3 Å². The lowest BCUT2D eigenvalue weighted by molar-refractivity contribution is 0.301. The van der Waals surface area contributed by atoms with Gasteiger partial charge in [0.2, 0.25) is 0 Å². The average Bonchev–Trinajstić information content (AvgIpc) is 3.24. The van der Waals surface area contributed by atoms with Crippen LogP contribution in [0.5, 0.6) is 5.75 Å². The van der Waals surface area contributed by atoms with Crippen molar-refractivity contribution in [1.29, 1.82) is 0 Å². The molecule has 118 valence electrons. The summed E-state index contributed by atoms with van der Waals surface area (Å²) in [6, 6.07) is 7.59. The number of hydrogen-bond acceptors (Lipinski definition) is 3. The standard InChI is InChI=1S/C18H19N3O2/c1-21-9-15(13-6-7-20-17(13)18(21)22)14-8-12(19)4-5-16(14)23-10-11-2-3-11/h4-9,11,20H,2-3,10,19H2,1H3. The van der Waals surface area contributed by atoms with Crippen LogP contribution in [0.4, 0.5) is 5.69 Å². The summed E-state index contributed by atoms with van der Waals surface area (Å²) < 4.78 is 7.60. The molecule has 2 aromatic heterocycles. The SMILES string of the molecule is Cn1cc(-c2cc(N)ccc2OCC2CC2)c2cc[nH]c2c1=O. The molecule has 0 amide bonds. The van der Waals surface area contributed by atoms with E-state index in [4.69, 9.17) is 10.5 Å². The summed E-state index contributed by atoms with van der Waals surface area (Å²) in [6.07, 6.45) is 6.11. The highest BCUT2D eigenvalue weighted by Crippen LogP contribution is 2.37. The number of anilines is 1. The van der Waals surface area contributed by atoms with E-state index in [1.807, 2.05) is 30.5 Å². The number of aromatic nitrogens is 2. The summed E-state index contributed by atoms with van der Waals surface area (Å²) in [4.78, 5) is 15.3. The van der Waals surface area contributed by atoms with Crippen LogP contribution in [0, 0.1) is 5.92 Å². The van der Waals surface area contributed by atoms with Gasteiger partial charge in [0.15, 0.2) is 0 Å². The van der Waals surface area contributed by atoms with Crippen LogP contribution in [0.1, 0.15) is 12.8 Å². The third-order valence-electron chi connectivity index (χ3n) is 4.36. The molecule has 1 fully saturated rings. The number of nitrogens with zero attached hydrogens (tertiary/aromatic N) is 1. The number of fused-ring (bicyclic) bond motifs is 1. The maximum absolute atomic E-state index is 12.2. The summed E-state index contributed by atoms with van der Waals surface area (Å²) in [5, 5.41) is 0.884. The molecular formula is C18H19N3O2. The lowest BCUT2D eigenvalue weighted by atomic mass is 10.0. The number of nitrogens with two attached hydrogens (primary N) is 1. The van der Waals surface area contributed by atoms with Crippen LogP contribution in [0.15, 0.2) is 41.5 Å². The van der Waals surface area contributed by atoms with Gasteiger partial charge in [0.05, 0.1) is 6.61 Å². The molecule has 5 nitrogen and oxygen atoms in total. The Morgan fingerprint density at radius 1 is 1.30 bits per heavy atom. The number of ether oxygens (including phenoxy) is 1. The summed E-state index contributed by atoms with van der Waals surface area (Å²) in [7, 11) is 1.75. The number of nitrogens with one attached hydrogen (secondary N) is 1. The van der Waals surface area contributed by atoms with Gasteiger partial charge >= 0.3 is 0 Å². The minimum absolute atomic E-state index is 0.0434. The Labute approximate surface area is 133 Å². The van der Waals surface area contributed by atoms with E-state index in [0.717, 1.165) is 28.9 Å². The van der Waals surface area contributed by atoms with Gasteiger partial charge in [-0.1, -0.05) is 0 Å². The molecule has 1 aliphatic rings. The summed E-state index contributed by atoms with van der Waals surface area (Å²) in [5.74, 6) is 1.49. The van der Waals surface area contributed by atoms with Crippen molar-refractivity contribution in [3.63, 3.8) is 0 Å². The molecule has 0 atom stereocenters. The molecular weight excluding hydrogens is 290 g/mol. The highest BCUT2D eigenvalue weighted by atomic mass is 16.5. The second-order valence-corrected chi connectivity index (χ2v) is 6.24. The van der Waals surface area contributed by atoms with Crippen molar-refractivity contribution < 1.29 is 4.74 Å². The van der Waals surface area contributed by atoms with E-state index in [0.29, 0.717) is 17.1 Å². The van der Waals surface area contributed by atoms with Gasteiger partial charge in [-0.2, -0.15) is 0 Å². The summed E-state index contributed by atoms with van der Waals surface area (Å²) in [6.45, 7) is 0.735. The first kappa shape index (κ1) is 13.9. The van der Waals surface area contributed by atoms with Crippen LogP contribution in [0.25, 0.3) is 22.0 Å². The number of aromatic amines is 1. The minimum Gasteiger partial charge on any atom is -0.493 e. The number of benzene rings is 1. The molecule has 2 heterocycles. The molecule has 0 bridgehead atoms. The van der Waals surface area contributed by atoms with Crippen molar-refractivity contribution >= 4 is 16.6 Å². The number of aryl methyl sites for hydroxylation is 1. The van der Waals surface area contributed by atoms with Crippen LogP contribution in [-0.4, -0.2) is 16.2 Å². The fraction of sp³-hybridized carbons (Fsp3) is 0.278. The van der Waals surface area contributed by atoms with Gasteiger partial charge in [-0.3, -0.25) is 4.79 Å². The van der Waals surface area contributed by atoms with E-state index < -0.39 is 0 Å². The highest BCUT2D eigenvalue weighted by molar-refractivity contribution is 5.96.